The molecule has 1 rings (SSSR count). The summed E-state index contributed by atoms with van der Waals surface area (Å²) in [5.74, 6) is 0. The van der Waals surface area contributed by atoms with Crippen LogP contribution in [0.25, 0.3) is 6.08 Å². The third-order valence-corrected chi connectivity index (χ3v) is 1.19. The van der Waals surface area contributed by atoms with Crippen molar-refractivity contribution in [2.75, 3.05) is 0 Å². The first-order chi connectivity index (χ1) is 4.83. The van der Waals surface area contributed by atoms with E-state index < -0.39 is 0 Å². The number of carbonyl (C=O) groups excluding carboxylic acids is 1. The van der Waals surface area contributed by atoms with Gasteiger partial charge in [-0.25, -0.2) is 0 Å². The largest absolute Gasteiger partial charge is 0.362 e. The van der Waals surface area contributed by atoms with Gasteiger partial charge in [-0.1, -0.05) is 0 Å². The Kier molecular flexibility index (Phi) is 2.05. The summed E-state index contributed by atoms with van der Waals surface area (Å²) in [6, 6.07) is 3.80. The van der Waals surface area contributed by atoms with Crippen LogP contribution in [0.2, 0.25) is 0 Å². The minimum atomic E-state index is 0.724. The van der Waals surface area contributed by atoms with Gasteiger partial charge in [0.15, 0.2) is 0 Å². The summed E-state index contributed by atoms with van der Waals surface area (Å²) in [4.78, 5) is 13.1. The molecule has 0 saturated heterocycles. The predicted octanol–water partition coefficient (Wildman–Crippen LogP) is 1.62. The molecule has 0 bridgehead atoms. The zero-order valence-electron chi connectivity index (χ0n) is 5.79. The minimum absolute atomic E-state index is 0.724. The van der Waals surface area contributed by atoms with Crippen LogP contribution in [0.1, 0.15) is 12.6 Å². The Hall–Kier alpha value is -1.31. The number of allylic oxidation sites excluding steroid dienone is 1. The Morgan fingerprint density at radius 2 is 2.50 bits per heavy atom. The standard InChI is InChI=1S/C8H9NO/c1-7(6-10)5-8-3-2-4-9-8/h2-6,9H,1H3/b7-5-. The van der Waals surface area contributed by atoms with E-state index in [1.165, 1.54) is 0 Å². The summed E-state index contributed by atoms with van der Waals surface area (Å²) in [6.45, 7) is 1.77. The smallest absolute Gasteiger partial charge is 0.145 e. The van der Waals surface area contributed by atoms with E-state index >= 15 is 0 Å². The van der Waals surface area contributed by atoms with Crippen LogP contribution in [0.4, 0.5) is 0 Å². The molecular formula is C8H9NO. The van der Waals surface area contributed by atoms with Gasteiger partial charge in [-0.05, 0) is 30.7 Å². The van der Waals surface area contributed by atoms with Gasteiger partial charge in [-0.2, -0.15) is 0 Å². The minimum Gasteiger partial charge on any atom is -0.362 e. The lowest BCUT2D eigenvalue weighted by atomic mass is 10.3. The Morgan fingerprint density at radius 3 is 3.00 bits per heavy atom. The molecule has 0 fully saturated rings. The monoisotopic (exact) mass is 135 g/mol. The molecule has 0 aromatic carbocycles. The summed E-state index contributed by atoms with van der Waals surface area (Å²) < 4.78 is 0. The van der Waals surface area contributed by atoms with Crippen molar-refractivity contribution in [1.82, 2.24) is 4.98 Å². The fourth-order valence-electron chi connectivity index (χ4n) is 0.713. The number of aromatic amines is 1. The normalized spacial score (nSPS) is 11.5. The predicted molar refractivity (Wildman–Crippen MR) is 40.5 cm³/mol. The van der Waals surface area contributed by atoms with Crippen molar-refractivity contribution in [3.8, 4) is 0 Å². The third kappa shape index (κ3) is 1.58. The van der Waals surface area contributed by atoms with Gasteiger partial charge in [-0.15, -0.1) is 0 Å². The molecule has 0 spiro atoms. The van der Waals surface area contributed by atoms with Gasteiger partial charge >= 0.3 is 0 Å². The molecule has 10 heavy (non-hydrogen) atoms. The molecule has 1 aromatic heterocycles. The number of H-pyrrole nitrogens is 1. The molecule has 1 heterocycles. The van der Waals surface area contributed by atoms with Gasteiger partial charge in [0.05, 0.1) is 0 Å². The number of nitrogens with one attached hydrogen (secondary N) is 1. The highest BCUT2D eigenvalue weighted by Gasteiger charge is 1.86. The fourth-order valence-corrected chi connectivity index (χ4v) is 0.713. The molecule has 0 amide bonds. The van der Waals surface area contributed by atoms with Crippen LogP contribution in [0, 0.1) is 0 Å². The van der Waals surface area contributed by atoms with Crippen molar-refractivity contribution >= 4 is 12.4 Å². The molecule has 2 nitrogen and oxygen atoms in total. The van der Waals surface area contributed by atoms with E-state index in [1.54, 1.807) is 13.0 Å². The third-order valence-electron chi connectivity index (χ3n) is 1.19. The molecule has 2 heteroatoms. The molecule has 52 valence electrons. The van der Waals surface area contributed by atoms with E-state index in [0.29, 0.717) is 0 Å². The molecule has 0 radical (unpaired) electrons. The maximum Gasteiger partial charge on any atom is 0.145 e. The van der Waals surface area contributed by atoms with E-state index in [1.807, 2.05) is 18.3 Å². The topological polar surface area (TPSA) is 32.9 Å². The van der Waals surface area contributed by atoms with Crippen molar-refractivity contribution in [3.63, 3.8) is 0 Å². The van der Waals surface area contributed by atoms with Gasteiger partial charge in [0.25, 0.3) is 0 Å². The number of aldehydes is 1. The summed E-state index contributed by atoms with van der Waals surface area (Å²) >= 11 is 0. The second-order valence-electron chi connectivity index (χ2n) is 2.13. The van der Waals surface area contributed by atoms with Crippen molar-refractivity contribution in [1.29, 1.82) is 0 Å². The highest BCUT2D eigenvalue weighted by molar-refractivity contribution is 5.80. The van der Waals surface area contributed by atoms with Crippen LogP contribution < -0.4 is 0 Å². The zero-order chi connectivity index (χ0) is 7.40. The SMILES string of the molecule is C/C(C=O)=C/c1ccc[nH]1. The molecule has 0 aliphatic heterocycles. The number of rotatable bonds is 2. The Balaban J connectivity index is 2.80. The highest BCUT2D eigenvalue weighted by atomic mass is 16.1. The lowest BCUT2D eigenvalue weighted by molar-refractivity contribution is -0.104. The summed E-state index contributed by atoms with van der Waals surface area (Å²) in [6.07, 6.45) is 4.46. The van der Waals surface area contributed by atoms with Crippen molar-refractivity contribution in [2.24, 2.45) is 0 Å². The van der Waals surface area contributed by atoms with Gasteiger partial charge in [0.1, 0.15) is 6.29 Å². The van der Waals surface area contributed by atoms with E-state index in [4.69, 9.17) is 0 Å². The first kappa shape index (κ1) is 6.81. The number of carbonyl (C=O) groups is 1. The first-order valence-electron chi connectivity index (χ1n) is 3.10. The van der Waals surface area contributed by atoms with Crippen LogP contribution in [0.5, 0.6) is 0 Å². The molecule has 0 saturated carbocycles. The molecular weight excluding hydrogens is 126 g/mol. The van der Waals surface area contributed by atoms with Crippen molar-refractivity contribution < 1.29 is 4.79 Å². The molecule has 0 atom stereocenters. The second kappa shape index (κ2) is 3.01. The summed E-state index contributed by atoms with van der Waals surface area (Å²) in [5.41, 5.74) is 1.69. The van der Waals surface area contributed by atoms with Crippen LogP contribution in [-0.4, -0.2) is 11.3 Å². The van der Waals surface area contributed by atoms with Gasteiger partial charge in [0.2, 0.25) is 0 Å². The number of aromatic nitrogens is 1. The average Bonchev–Trinajstić information content (AvgIpc) is 2.40. The number of hydrogen-bond acceptors (Lipinski definition) is 1. The number of hydrogen-bond donors (Lipinski definition) is 1. The van der Waals surface area contributed by atoms with E-state index in [-0.39, 0.29) is 0 Å². The Morgan fingerprint density at radius 1 is 1.70 bits per heavy atom. The van der Waals surface area contributed by atoms with Crippen LogP contribution >= 0.6 is 0 Å². The Bertz CT molecular complexity index is 234. The molecule has 1 N–H and O–H groups in total. The van der Waals surface area contributed by atoms with E-state index in [2.05, 4.69) is 4.98 Å². The molecule has 1 aromatic rings. The first-order valence-corrected chi connectivity index (χ1v) is 3.10. The highest BCUT2D eigenvalue weighted by Crippen LogP contribution is 2.00. The lowest BCUT2D eigenvalue weighted by Gasteiger charge is -1.85. The maximum absolute atomic E-state index is 10.1. The summed E-state index contributed by atoms with van der Waals surface area (Å²) in [7, 11) is 0. The van der Waals surface area contributed by atoms with E-state index in [9.17, 15) is 4.79 Å². The van der Waals surface area contributed by atoms with Crippen LogP contribution in [-0.2, 0) is 4.79 Å². The molecule has 0 aliphatic carbocycles. The lowest BCUT2D eigenvalue weighted by Crippen LogP contribution is -1.76. The summed E-state index contributed by atoms with van der Waals surface area (Å²) in [5, 5.41) is 0. The van der Waals surface area contributed by atoms with Gasteiger partial charge < -0.3 is 4.98 Å². The van der Waals surface area contributed by atoms with Crippen LogP contribution in [0.3, 0.4) is 0 Å². The second-order valence-corrected chi connectivity index (χ2v) is 2.13. The quantitative estimate of drug-likeness (QED) is 0.485. The molecule has 0 aliphatic rings. The van der Waals surface area contributed by atoms with Gasteiger partial charge in [0, 0.05) is 11.9 Å². The maximum atomic E-state index is 10.1. The van der Waals surface area contributed by atoms with Gasteiger partial charge in [-0.3, -0.25) is 4.79 Å². The van der Waals surface area contributed by atoms with Crippen molar-refractivity contribution in [3.05, 3.63) is 29.6 Å². The zero-order valence-corrected chi connectivity index (χ0v) is 5.79. The van der Waals surface area contributed by atoms with E-state index in [0.717, 1.165) is 17.6 Å². The van der Waals surface area contributed by atoms with Crippen LogP contribution in [0.15, 0.2) is 23.9 Å². The Labute approximate surface area is 59.6 Å². The fraction of sp³-hybridized carbons (Fsp3) is 0.125. The molecule has 0 unspecified atom stereocenters. The average molecular weight is 135 g/mol. The van der Waals surface area contributed by atoms with Crippen molar-refractivity contribution in [2.45, 2.75) is 6.92 Å².